The zero-order valence-electron chi connectivity index (χ0n) is 14.5. The van der Waals surface area contributed by atoms with E-state index in [9.17, 15) is 18.4 Å². The summed E-state index contributed by atoms with van der Waals surface area (Å²) in [5.74, 6) is -3.17. The third kappa shape index (κ3) is 3.05. The second-order valence-corrected chi connectivity index (χ2v) is 6.15. The van der Waals surface area contributed by atoms with Gasteiger partial charge in [-0.15, -0.1) is 0 Å². The molecule has 0 spiro atoms. The summed E-state index contributed by atoms with van der Waals surface area (Å²) in [6.45, 7) is 0. The maximum absolute atomic E-state index is 14.3. The molecule has 0 atom stereocenters. The minimum atomic E-state index is -0.991. The van der Waals surface area contributed by atoms with Gasteiger partial charge in [0, 0.05) is 11.8 Å². The molecular weight excluding hydrogens is 362 g/mol. The highest BCUT2D eigenvalue weighted by molar-refractivity contribution is 6.46. The Morgan fingerprint density at radius 3 is 2.04 bits per heavy atom. The quantitative estimate of drug-likeness (QED) is 0.689. The standard InChI is InChI=1S/C22H14F2N2O2/c23-15-11-12-18(17(24)13-15)26-21(27)19(14-7-3-1-4-8-14)20(22(26)28)25-16-9-5-2-6-10-16/h1-13,25H. The van der Waals surface area contributed by atoms with Crippen LogP contribution in [-0.4, -0.2) is 11.8 Å². The first-order valence-corrected chi connectivity index (χ1v) is 8.52. The lowest BCUT2D eigenvalue weighted by Crippen LogP contribution is -2.33. The predicted molar refractivity (Wildman–Crippen MR) is 102 cm³/mol. The third-order valence-corrected chi connectivity index (χ3v) is 4.34. The molecule has 1 heterocycles. The Morgan fingerprint density at radius 1 is 0.750 bits per heavy atom. The molecule has 0 unspecified atom stereocenters. The Kier molecular flexibility index (Phi) is 4.45. The number of amides is 2. The minimum Gasteiger partial charge on any atom is -0.350 e. The van der Waals surface area contributed by atoms with Crippen LogP contribution in [0.15, 0.2) is 84.6 Å². The van der Waals surface area contributed by atoms with Crippen molar-refractivity contribution in [3.63, 3.8) is 0 Å². The number of nitrogens with one attached hydrogen (secondary N) is 1. The van der Waals surface area contributed by atoms with Crippen LogP contribution in [0, 0.1) is 11.6 Å². The Hall–Kier alpha value is -3.80. The molecule has 1 aliphatic rings. The summed E-state index contributed by atoms with van der Waals surface area (Å²) in [5.41, 5.74) is 0.983. The minimum absolute atomic E-state index is 0.0334. The molecule has 28 heavy (non-hydrogen) atoms. The van der Waals surface area contributed by atoms with E-state index in [1.54, 1.807) is 54.6 Å². The molecule has 0 saturated heterocycles. The number of anilines is 2. The first kappa shape index (κ1) is 17.6. The van der Waals surface area contributed by atoms with Crippen molar-refractivity contribution in [3.8, 4) is 0 Å². The monoisotopic (exact) mass is 376 g/mol. The average molecular weight is 376 g/mol. The first-order chi connectivity index (χ1) is 13.6. The second kappa shape index (κ2) is 7.08. The van der Waals surface area contributed by atoms with E-state index >= 15 is 0 Å². The number of hydrogen-bond acceptors (Lipinski definition) is 3. The van der Waals surface area contributed by atoms with Crippen LogP contribution in [-0.2, 0) is 9.59 Å². The maximum Gasteiger partial charge on any atom is 0.282 e. The van der Waals surface area contributed by atoms with Crippen molar-refractivity contribution in [2.45, 2.75) is 0 Å². The summed E-state index contributed by atoms with van der Waals surface area (Å²) in [5, 5.41) is 2.97. The van der Waals surface area contributed by atoms with Gasteiger partial charge in [-0.2, -0.15) is 0 Å². The summed E-state index contributed by atoms with van der Waals surface area (Å²) < 4.78 is 27.6. The highest BCUT2D eigenvalue weighted by Crippen LogP contribution is 2.34. The molecule has 0 radical (unpaired) electrons. The van der Waals surface area contributed by atoms with Gasteiger partial charge < -0.3 is 5.32 Å². The molecule has 138 valence electrons. The highest BCUT2D eigenvalue weighted by Gasteiger charge is 2.41. The van der Waals surface area contributed by atoms with Crippen molar-refractivity contribution in [2.75, 3.05) is 10.2 Å². The molecule has 0 aromatic heterocycles. The number of carbonyl (C=O) groups excluding carboxylic acids is 2. The Morgan fingerprint density at radius 2 is 1.39 bits per heavy atom. The van der Waals surface area contributed by atoms with Crippen LogP contribution in [0.2, 0.25) is 0 Å². The van der Waals surface area contributed by atoms with Crippen molar-refractivity contribution < 1.29 is 18.4 Å². The molecule has 4 rings (SSSR count). The number of nitrogens with zero attached hydrogens (tertiary/aromatic N) is 1. The zero-order chi connectivity index (χ0) is 19.7. The molecule has 0 bridgehead atoms. The molecule has 3 aromatic rings. The summed E-state index contributed by atoms with van der Waals surface area (Å²) in [7, 11) is 0. The van der Waals surface area contributed by atoms with Gasteiger partial charge in [0.1, 0.15) is 17.3 Å². The SMILES string of the molecule is O=C1C(Nc2ccccc2)=C(c2ccccc2)C(=O)N1c1ccc(F)cc1F. The average Bonchev–Trinajstić information content (AvgIpc) is 2.94. The van der Waals surface area contributed by atoms with Gasteiger partial charge in [-0.25, -0.2) is 13.7 Å². The summed E-state index contributed by atoms with van der Waals surface area (Å²) >= 11 is 0. The van der Waals surface area contributed by atoms with Crippen LogP contribution in [0.4, 0.5) is 20.2 Å². The Bertz CT molecular complexity index is 1100. The topological polar surface area (TPSA) is 49.4 Å². The smallest absolute Gasteiger partial charge is 0.282 e. The molecule has 6 heteroatoms. The van der Waals surface area contributed by atoms with Gasteiger partial charge in [0.05, 0.1) is 11.3 Å². The summed E-state index contributed by atoms with van der Waals surface area (Å²) in [6.07, 6.45) is 0. The van der Waals surface area contributed by atoms with Crippen molar-refractivity contribution in [2.24, 2.45) is 0 Å². The van der Waals surface area contributed by atoms with Crippen LogP contribution in [0.1, 0.15) is 5.56 Å². The first-order valence-electron chi connectivity index (χ1n) is 8.52. The van der Waals surface area contributed by atoms with Gasteiger partial charge in [0.25, 0.3) is 11.8 Å². The lowest BCUT2D eigenvalue weighted by Gasteiger charge is -2.16. The van der Waals surface area contributed by atoms with Gasteiger partial charge in [0.2, 0.25) is 0 Å². The number of para-hydroxylation sites is 1. The molecule has 2 amide bonds. The van der Waals surface area contributed by atoms with E-state index in [0.29, 0.717) is 17.3 Å². The number of imide groups is 1. The molecular formula is C22H14F2N2O2. The molecule has 1 N–H and O–H groups in total. The van der Waals surface area contributed by atoms with E-state index in [-0.39, 0.29) is 17.0 Å². The number of halogens is 2. The fraction of sp³-hybridized carbons (Fsp3) is 0. The number of carbonyl (C=O) groups is 2. The maximum atomic E-state index is 14.3. The lowest BCUT2D eigenvalue weighted by atomic mass is 10.0. The van der Waals surface area contributed by atoms with Crippen LogP contribution < -0.4 is 10.2 Å². The van der Waals surface area contributed by atoms with Gasteiger partial charge >= 0.3 is 0 Å². The van der Waals surface area contributed by atoms with E-state index in [2.05, 4.69) is 5.32 Å². The molecule has 0 saturated carbocycles. The van der Waals surface area contributed by atoms with Gasteiger partial charge in [0.15, 0.2) is 0 Å². The largest absolute Gasteiger partial charge is 0.350 e. The second-order valence-electron chi connectivity index (χ2n) is 6.15. The van der Waals surface area contributed by atoms with E-state index < -0.39 is 23.4 Å². The van der Waals surface area contributed by atoms with E-state index in [1.165, 1.54) is 0 Å². The normalized spacial score (nSPS) is 14.0. The van der Waals surface area contributed by atoms with E-state index in [0.717, 1.165) is 17.0 Å². The van der Waals surface area contributed by atoms with Crippen LogP contribution in [0.5, 0.6) is 0 Å². The summed E-state index contributed by atoms with van der Waals surface area (Å²) in [4.78, 5) is 26.9. The third-order valence-electron chi connectivity index (χ3n) is 4.34. The molecule has 0 fully saturated rings. The van der Waals surface area contributed by atoms with Crippen molar-refractivity contribution in [1.82, 2.24) is 0 Å². The zero-order valence-corrected chi connectivity index (χ0v) is 14.5. The van der Waals surface area contributed by atoms with Crippen LogP contribution in [0.3, 0.4) is 0 Å². The van der Waals surface area contributed by atoms with Crippen LogP contribution >= 0.6 is 0 Å². The number of hydrogen-bond donors (Lipinski definition) is 1. The Labute approximate surface area is 159 Å². The number of benzene rings is 3. The van der Waals surface area contributed by atoms with Crippen molar-refractivity contribution >= 4 is 28.8 Å². The predicted octanol–water partition coefficient (Wildman–Crippen LogP) is 4.36. The highest BCUT2D eigenvalue weighted by atomic mass is 19.1. The van der Waals surface area contributed by atoms with Gasteiger partial charge in [-0.05, 0) is 29.8 Å². The van der Waals surface area contributed by atoms with Gasteiger partial charge in [-0.3, -0.25) is 9.59 Å². The summed E-state index contributed by atoms with van der Waals surface area (Å²) in [6, 6.07) is 20.2. The van der Waals surface area contributed by atoms with Gasteiger partial charge in [-0.1, -0.05) is 48.5 Å². The van der Waals surface area contributed by atoms with E-state index in [1.807, 2.05) is 6.07 Å². The lowest BCUT2D eigenvalue weighted by molar-refractivity contribution is -0.120. The molecule has 0 aliphatic carbocycles. The molecule has 3 aromatic carbocycles. The molecule has 4 nitrogen and oxygen atoms in total. The fourth-order valence-corrected chi connectivity index (χ4v) is 3.07. The fourth-order valence-electron chi connectivity index (χ4n) is 3.07. The van der Waals surface area contributed by atoms with Crippen molar-refractivity contribution in [3.05, 3.63) is 102 Å². The number of rotatable bonds is 4. The van der Waals surface area contributed by atoms with Crippen LogP contribution in [0.25, 0.3) is 5.57 Å². The van der Waals surface area contributed by atoms with Crippen molar-refractivity contribution in [1.29, 1.82) is 0 Å². The van der Waals surface area contributed by atoms with E-state index in [4.69, 9.17) is 0 Å². The Balaban J connectivity index is 1.84. The molecule has 1 aliphatic heterocycles.